The van der Waals surface area contributed by atoms with Crippen molar-refractivity contribution < 1.29 is 13.9 Å². The summed E-state index contributed by atoms with van der Waals surface area (Å²) in [6, 6.07) is 8.79. The minimum atomic E-state index is -0.331. The molecule has 0 spiro atoms. The van der Waals surface area contributed by atoms with E-state index in [1.54, 1.807) is 24.5 Å². The molecule has 5 rings (SSSR count). The molecule has 1 aliphatic rings. The molecular formula is C55H87FN10O2. The van der Waals surface area contributed by atoms with Crippen LogP contribution in [0.3, 0.4) is 0 Å². The molecule has 0 radical (unpaired) electrons. The van der Waals surface area contributed by atoms with Crippen LogP contribution in [0.4, 0.5) is 21.5 Å². The Morgan fingerprint density at radius 3 is 2.04 bits per heavy atom. The smallest absolute Gasteiger partial charge is 0.143 e. The number of allylic oxidation sites excluding steroid dienone is 3. The van der Waals surface area contributed by atoms with Gasteiger partial charge < -0.3 is 30.9 Å². The predicted molar refractivity (Wildman–Crippen MR) is 288 cm³/mol. The lowest BCUT2D eigenvalue weighted by Gasteiger charge is -2.35. The Kier molecular flexibility index (Phi) is 30.9. The predicted octanol–water partition coefficient (Wildman–Crippen LogP) is 11.3. The average Bonchev–Trinajstić information content (AvgIpc) is 3.34. The van der Waals surface area contributed by atoms with Crippen LogP contribution >= 0.6 is 0 Å². The Labute approximate surface area is 410 Å². The van der Waals surface area contributed by atoms with Crippen LogP contribution in [-0.2, 0) is 17.9 Å². The molecule has 376 valence electrons. The summed E-state index contributed by atoms with van der Waals surface area (Å²) in [7, 11) is 3.98. The van der Waals surface area contributed by atoms with Crippen molar-refractivity contribution >= 4 is 35.5 Å². The number of ether oxygens (including phenoxy) is 1. The van der Waals surface area contributed by atoms with Crippen LogP contribution in [0.2, 0.25) is 0 Å². The molecule has 0 aromatic carbocycles. The van der Waals surface area contributed by atoms with E-state index >= 15 is 0 Å². The highest BCUT2D eigenvalue weighted by Crippen LogP contribution is 2.23. The van der Waals surface area contributed by atoms with Gasteiger partial charge in [-0.1, -0.05) is 73.6 Å². The summed E-state index contributed by atoms with van der Waals surface area (Å²) in [6.07, 6.45) is 24.1. The summed E-state index contributed by atoms with van der Waals surface area (Å²) in [6.45, 7) is 28.4. The summed E-state index contributed by atoms with van der Waals surface area (Å²) in [5, 5.41) is 7.23. The third-order valence-electron chi connectivity index (χ3n) is 11.1. The number of nitrogen functional groups attached to an aromatic ring is 1. The molecule has 68 heavy (non-hydrogen) atoms. The summed E-state index contributed by atoms with van der Waals surface area (Å²) in [4.78, 5) is 34.2. The standard InChI is InChI=1S/C23H31FN6.C17H30N2O.C12H16N2O.C2H6.CH4/c1-4-5-6-22-23(12-18(24)13-28-22)29(3)16-30-9-7-19(8-10-30)26-14-20-11-17(2)21(25)15-27-20;1-5-8-15(9-6-2)19-13-16-11-17(20-10-7-3)14(4)12-18-16;1-4-14(3)12-8-10(2)9-13-11(12)6-5-7-15;1-2;/h4-6,11-13,15,19,26H,1,7-10,14,16,25H2,2-3H3;11-12,15,19H,5-10,13H2,1-4H3;5-9H,4H2,1-3H3;1-2H3;1H4/b6-5-;;6-5-;;. The van der Waals surface area contributed by atoms with E-state index in [0.717, 1.165) is 134 Å². The normalized spacial score (nSPS) is 12.5. The molecule has 4 N–H and O–H groups in total. The summed E-state index contributed by atoms with van der Waals surface area (Å²) >= 11 is 0. The van der Waals surface area contributed by atoms with E-state index in [1.165, 1.54) is 44.0 Å². The molecule has 0 unspecified atom stereocenters. The summed E-state index contributed by atoms with van der Waals surface area (Å²) < 4.78 is 19.5. The molecule has 0 bridgehead atoms. The lowest BCUT2D eigenvalue weighted by Crippen LogP contribution is -2.46. The molecule has 4 aromatic rings. The second kappa shape index (κ2) is 34.7. The minimum Gasteiger partial charge on any atom is -0.493 e. The van der Waals surface area contributed by atoms with Gasteiger partial charge in [0.25, 0.3) is 0 Å². The van der Waals surface area contributed by atoms with E-state index in [0.29, 0.717) is 12.1 Å². The maximum atomic E-state index is 13.8. The highest BCUT2D eigenvalue weighted by atomic mass is 19.1. The lowest BCUT2D eigenvalue weighted by atomic mass is 10.1. The molecule has 13 heteroatoms. The average molecular weight is 939 g/mol. The zero-order valence-electron chi connectivity index (χ0n) is 42.7. The van der Waals surface area contributed by atoms with Gasteiger partial charge in [0.1, 0.15) is 17.9 Å². The van der Waals surface area contributed by atoms with Crippen LogP contribution in [0.1, 0.15) is 133 Å². The summed E-state index contributed by atoms with van der Waals surface area (Å²) in [5.41, 5.74) is 15.3. The van der Waals surface area contributed by atoms with Crippen molar-refractivity contribution in [1.29, 1.82) is 0 Å². The SMILES string of the molecule is C.C=C/C=C\c1ncc(F)cc1N(C)CN1CCC(NCc2cc(C)c(N)cn2)CC1.CC.CCCOc1cc(CNC(CCC)CCC)ncc1C.CCN(C)c1cc(C)cnc1/C=C\C=O. The molecule has 0 saturated carbocycles. The van der Waals surface area contributed by atoms with Crippen LogP contribution in [0, 0.1) is 26.6 Å². The third kappa shape index (κ3) is 22.1. The number of rotatable bonds is 22. The minimum absolute atomic E-state index is 0. The van der Waals surface area contributed by atoms with Crippen molar-refractivity contribution in [2.75, 3.05) is 62.5 Å². The molecule has 0 atom stereocenters. The van der Waals surface area contributed by atoms with Crippen molar-refractivity contribution in [3.05, 3.63) is 119 Å². The molecule has 5 heterocycles. The van der Waals surface area contributed by atoms with Gasteiger partial charge in [0.15, 0.2) is 0 Å². The number of likely N-dealkylation sites (tertiary alicyclic amines) is 1. The molecule has 0 aliphatic carbocycles. The van der Waals surface area contributed by atoms with Gasteiger partial charge in [-0.15, -0.1) is 0 Å². The number of aryl methyl sites for hydroxylation is 3. The van der Waals surface area contributed by atoms with Gasteiger partial charge in [-0.3, -0.25) is 29.6 Å². The van der Waals surface area contributed by atoms with E-state index in [-0.39, 0.29) is 13.2 Å². The number of hydrogen-bond donors (Lipinski definition) is 3. The Balaban J connectivity index is 0.000000529. The fourth-order valence-electron chi connectivity index (χ4n) is 7.26. The first-order valence-corrected chi connectivity index (χ1v) is 24.3. The Bertz CT molecular complexity index is 2080. The number of nitrogens with one attached hydrogen (secondary N) is 2. The second-order valence-corrected chi connectivity index (χ2v) is 16.7. The number of aromatic nitrogens is 4. The van der Waals surface area contributed by atoms with Crippen molar-refractivity contribution in [3.8, 4) is 5.75 Å². The van der Waals surface area contributed by atoms with Crippen LogP contribution in [0.15, 0.2) is 73.9 Å². The number of hydrogen-bond acceptors (Lipinski definition) is 12. The van der Waals surface area contributed by atoms with Gasteiger partial charge in [-0.25, -0.2) is 4.39 Å². The number of pyridine rings is 4. The van der Waals surface area contributed by atoms with Gasteiger partial charge in [0.05, 0.1) is 65.5 Å². The Hall–Kier alpha value is -5.50. The molecule has 1 saturated heterocycles. The molecule has 1 fully saturated rings. The maximum absolute atomic E-state index is 13.8. The highest BCUT2D eigenvalue weighted by molar-refractivity contribution is 5.76. The number of aldehydes is 1. The zero-order valence-corrected chi connectivity index (χ0v) is 42.7. The number of carbonyl (C=O) groups is 1. The van der Waals surface area contributed by atoms with Crippen LogP contribution < -0.4 is 30.9 Å². The Morgan fingerprint density at radius 1 is 0.824 bits per heavy atom. The van der Waals surface area contributed by atoms with E-state index in [2.05, 4.69) is 86.8 Å². The number of nitrogens with zero attached hydrogens (tertiary/aromatic N) is 7. The number of piperidine rings is 1. The zero-order chi connectivity index (χ0) is 49.6. The Morgan fingerprint density at radius 2 is 1.44 bits per heavy atom. The van der Waals surface area contributed by atoms with E-state index < -0.39 is 0 Å². The number of halogens is 1. The molecule has 0 amide bonds. The van der Waals surface area contributed by atoms with Crippen molar-refractivity contribution in [2.45, 2.75) is 140 Å². The van der Waals surface area contributed by atoms with E-state index in [4.69, 9.17) is 10.5 Å². The lowest BCUT2D eigenvalue weighted by molar-refractivity contribution is -0.104. The fourth-order valence-corrected chi connectivity index (χ4v) is 7.26. The monoisotopic (exact) mass is 939 g/mol. The number of nitrogens with two attached hydrogens (primary N) is 1. The van der Waals surface area contributed by atoms with Gasteiger partial charge in [-0.05, 0) is 101 Å². The number of carbonyl (C=O) groups excluding carboxylic acids is 1. The molecule has 1 aliphatic heterocycles. The largest absolute Gasteiger partial charge is 0.493 e. The van der Waals surface area contributed by atoms with Gasteiger partial charge in [0, 0.05) is 89.0 Å². The topological polar surface area (TPSA) is 138 Å². The number of anilines is 3. The van der Waals surface area contributed by atoms with E-state index in [1.807, 2.05) is 78.0 Å². The van der Waals surface area contributed by atoms with Crippen molar-refractivity contribution in [2.24, 2.45) is 0 Å². The first kappa shape index (κ1) is 60.5. The van der Waals surface area contributed by atoms with E-state index in [9.17, 15) is 9.18 Å². The van der Waals surface area contributed by atoms with Crippen LogP contribution in [-0.4, -0.2) is 90.2 Å². The van der Waals surface area contributed by atoms with Crippen molar-refractivity contribution in [3.63, 3.8) is 0 Å². The summed E-state index contributed by atoms with van der Waals surface area (Å²) in [5.74, 6) is 0.642. The third-order valence-corrected chi connectivity index (χ3v) is 11.1. The molecule has 12 nitrogen and oxygen atoms in total. The quantitative estimate of drug-likeness (QED) is 0.0393. The van der Waals surface area contributed by atoms with Crippen molar-refractivity contribution in [1.82, 2.24) is 35.5 Å². The molecular weight excluding hydrogens is 852 g/mol. The first-order chi connectivity index (χ1) is 32.3. The highest BCUT2D eigenvalue weighted by Gasteiger charge is 2.21. The van der Waals surface area contributed by atoms with Gasteiger partial charge in [0.2, 0.25) is 0 Å². The van der Waals surface area contributed by atoms with Gasteiger partial charge >= 0.3 is 0 Å². The maximum Gasteiger partial charge on any atom is 0.143 e. The second-order valence-electron chi connectivity index (χ2n) is 16.7. The van der Waals surface area contributed by atoms with Crippen LogP contribution in [0.25, 0.3) is 12.2 Å². The fraction of sp³-hybridized carbons (Fsp3) is 0.509. The first-order valence-electron chi connectivity index (χ1n) is 24.3. The molecule has 4 aromatic heterocycles. The van der Waals surface area contributed by atoms with Gasteiger partial charge in [-0.2, -0.15) is 0 Å². The van der Waals surface area contributed by atoms with Crippen LogP contribution in [0.5, 0.6) is 5.75 Å².